The summed E-state index contributed by atoms with van der Waals surface area (Å²) in [5, 5.41) is 1.98. The Balaban J connectivity index is 0.000000172. The molecule has 2 aromatic heterocycles. The molecule has 1 aliphatic carbocycles. The van der Waals surface area contributed by atoms with E-state index in [9.17, 15) is 4.79 Å². The standard InChI is InChI=1S/C30H31NO3.C22H19NO2/c1-29(2)28(30(29,3)4)27(32)23-17-31-24-16-26(34-19-21-13-9-6-10-14-21)25(15-22(23)24)33-18-20-11-7-5-8-12-20;1-3-7-17(8-4-1)15-24-21-13-19-11-12-23-20(19)14-22(21)25-16-18-9-5-2-6-10-18/h5-17,28,31H,18-19H2,1-4H3;1-14,23H,15-16H2. The summed E-state index contributed by atoms with van der Waals surface area (Å²) in [4.78, 5) is 20.0. The van der Waals surface area contributed by atoms with Gasteiger partial charge in [-0.05, 0) is 51.3 Å². The van der Waals surface area contributed by atoms with Gasteiger partial charge in [-0.3, -0.25) is 4.79 Å². The fourth-order valence-corrected chi connectivity index (χ4v) is 7.79. The predicted molar refractivity (Wildman–Crippen MR) is 235 cm³/mol. The van der Waals surface area contributed by atoms with Crippen LogP contribution in [0, 0.1) is 16.7 Å². The number of benzene rings is 6. The Hall–Kier alpha value is -6.73. The number of H-pyrrole nitrogens is 2. The van der Waals surface area contributed by atoms with Crippen molar-refractivity contribution in [1.29, 1.82) is 0 Å². The zero-order valence-corrected chi connectivity index (χ0v) is 34.0. The van der Waals surface area contributed by atoms with Crippen molar-refractivity contribution in [3.63, 3.8) is 0 Å². The van der Waals surface area contributed by atoms with Gasteiger partial charge in [-0.15, -0.1) is 0 Å². The number of Topliss-reactive ketones (excluding diaryl/α,β-unsaturated/α-hetero) is 1. The molecule has 0 spiro atoms. The van der Waals surface area contributed by atoms with Crippen LogP contribution in [0.5, 0.6) is 23.0 Å². The van der Waals surface area contributed by atoms with E-state index in [2.05, 4.69) is 61.9 Å². The largest absolute Gasteiger partial charge is 0.485 e. The van der Waals surface area contributed by atoms with Gasteiger partial charge in [-0.1, -0.05) is 149 Å². The molecule has 298 valence electrons. The summed E-state index contributed by atoms with van der Waals surface area (Å²) in [7, 11) is 0. The van der Waals surface area contributed by atoms with E-state index in [0.29, 0.717) is 37.9 Å². The van der Waals surface area contributed by atoms with Gasteiger partial charge in [0.25, 0.3) is 0 Å². The molecule has 0 amide bonds. The van der Waals surface area contributed by atoms with Gasteiger partial charge >= 0.3 is 0 Å². The first kappa shape index (κ1) is 39.1. The highest BCUT2D eigenvalue weighted by Gasteiger charge is 2.68. The first-order chi connectivity index (χ1) is 28.7. The summed E-state index contributed by atoms with van der Waals surface area (Å²) in [5.74, 6) is 2.98. The van der Waals surface area contributed by atoms with E-state index in [1.807, 2.05) is 140 Å². The van der Waals surface area contributed by atoms with Crippen LogP contribution in [0.1, 0.15) is 60.3 Å². The molecule has 1 saturated carbocycles. The number of carbonyl (C=O) groups is 1. The van der Waals surface area contributed by atoms with Crippen LogP contribution in [0.3, 0.4) is 0 Å². The molecule has 9 rings (SSSR count). The summed E-state index contributed by atoms with van der Waals surface area (Å²) in [6, 6.07) is 50.3. The summed E-state index contributed by atoms with van der Waals surface area (Å²) in [5.41, 5.74) is 7.01. The number of hydrogen-bond acceptors (Lipinski definition) is 5. The van der Waals surface area contributed by atoms with Gasteiger partial charge in [0.05, 0.1) is 5.52 Å². The maximum Gasteiger partial charge on any atom is 0.169 e. The monoisotopic (exact) mass is 782 g/mol. The normalized spacial score (nSPS) is 14.0. The molecule has 0 aliphatic heterocycles. The van der Waals surface area contributed by atoms with Crippen molar-refractivity contribution in [1.82, 2.24) is 9.97 Å². The van der Waals surface area contributed by atoms with Gasteiger partial charge in [0.1, 0.15) is 26.4 Å². The maximum absolute atomic E-state index is 13.5. The molecule has 6 aromatic carbocycles. The van der Waals surface area contributed by atoms with Gasteiger partial charge in [-0.2, -0.15) is 0 Å². The van der Waals surface area contributed by atoms with E-state index >= 15 is 0 Å². The molecule has 2 heterocycles. The van der Waals surface area contributed by atoms with Gasteiger partial charge in [0.2, 0.25) is 0 Å². The number of aromatic nitrogens is 2. The zero-order valence-electron chi connectivity index (χ0n) is 34.0. The SMILES string of the molecule is CC1(C)C(C(=O)c2c[nH]c3cc(OCc4ccccc4)c(OCc4ccccc4)cc23)C1(C)C.c1ccc(COc2cc3cc[nH]c3cc2OCc2ccccc2)cc1. The average Bonchev–Trinajstić information content (AvgIpc) is 3.70. The van der Waals surface area contributed by atoms with E-state index < -0.39 is 0 Å². The minimum atomic E-state index is -0.0148. The van der Waals surface area contributed by atoms with Crippen LogP contribution >= 0.6 is 0 Å². The van der Waals surface area contributed by atoms with Crippen LogP contribution < -0.4 is 18.9 Å². The molecule has 0 saturated heterocycles. The lowest BCUT2D eigenvalue weighted by atomic mass is 10.0. The van der Waals surface area contributed by atoms with Crippen molar-refractivity contribution in [3.05, 3.63) is 192 Å². The highest BCUT2D eigenvalue weighted by Crippen LogP contribution is 2.69. The summed E-state index contributed by atoms with van der Waals surface area (Å²) < 4.78 is 24.5. The fourth-order valence-electron chi connectivity index (χ4n) is 7.79. The number of fused-ring (bicyclic) bond motifs is 2. The molecule has 7 nitrogen and oxygen atoms in total. The average molecular weight is 783 g/mol. The second-order valence-corrected chi connectivity index (χ2v) is 16.2. The van der Waals surface area contributed by atoms with Crippen LogP contribution in [0.4, 0.5) is 0 Å². The maximum atomic E-state index is 13.5. The Morgan fingerprint density at radius 1 is 0.492 bits per heavy atom. The molecular weight excluding hydrogens is 733 g/mol. The van der Waals surface area contributed by atoms with Crippen LogP contribution in [0.2, 0.25) is 0 Å². The van der Waals surface area contributed by atoms with E-state index in [4.69, 9.17) is 18.9 Å². The van der Waals surface area contributed by atoms with Crippen LogP contribution in [0.25, 0.3) is 21.8 Å². The summed E-state index contributed by atoms with van der Waals surface area (Å²) >= 11 is 0. The fraction of sp³-hybridized carbons (Fsp3) is 0.212. The van der Waals surface area contributed by atoms with Crippen LogP contribution in [0.15, 0.2) is 164 Å². The number of rotatable bonds is 14. The van der Waals surface area contributed by atoms with E-state index in [0.717, 1.165) is 61.1 Å². The van der Waals surface area contributed by atoms with Crippen molar-refractivity contribution in [2.75, 3.05) is 0 Å². The minimum absolute atomic E-state index is 0.00157. The molecule has 59 heavy (non-hydrogen) atoms. The third-order valence-corrected chi connectivity index (χ3v) is 11.9. The number of ketones is 1. The van der Waals surface area contributed by atoms with Crippen molar-refractivity contribution >= 4 is 27.6 Å². The second-order valence-electron chi connectivity index (χ2n) is 16.2. The molecule has 0 bridgehead atoms. The second kappa shape index (κ2) is 17.0. The van der Waals surface area contributed by atoms with Crippen molar-refractivity contribution < 1.29 is 23.7 Å². The molecule has 0 radical (unpaired) electrons. The van der Waals surface area contributed by atoms with Crippen LogP contribution in [-0.4, -0.2) is 15.8 Å². The zero-order chi connectivity index (χ0) is 40.8. The molecule has 8 aromatic rings. The number of ether oxygens (including phenoxy) is 4. The van der Waals surface area contributed by atoms with Crippen molar-refractivity contribution in [2.45, 2.75) is 54.1 Å². The molecular formula is C52H50N2O5. The predicted octanol–water partition coefficient (Wildman–Crippen LogP) is 12.5. The van der Waals surface area contributed by atoms with Gasteiger partial charge in [0, 0.05) is 52.3 Å². The van der Waals surface area contributed by atoms with Crippen molar-refractivity contribution in [3.8, 4) is 23.0 Å². The third kappa shape index (κ3) is 8.75. The molecule has 0 atom stereocenters. The van der Waals surface area contributed by atoms with E-state index in [-0.39, 0.29) is 22.5 Å². The third-order valence-electron chi connectivity index (χ3n) is 11.9. The topological polar surface area (TPSA) is 85.6 Å². The van der Waals surface area contributed by atoms with Gasteiger partial charge in [-0.25, -0.2) is 0 Å². The Labute approximate surface area is 345 Å². The lowest BCUT2D eigenvalue weighted by molar-refractivity contribution is 0.0947. The molecule has 1 aliphatic rings. The number of aromatic amines is 2. The number of nitrogens with one attached hydrogen (secondary N) is 2. The van der Waals surface area contributed by atoms with Crippen molar-refractivity contribution in [2.24, 2.45) is 16.7 Å². The van der Waals surface area contributed by atoms with Crippen LogP contribution in [-0.2, 0) is 26.4 Å². The molecule has 0 unspecified atom stereocenters. The molecule has 7 heteroatoms. The first-order valence-electron chi connectivity index (χ1n) is 20.1. The number of carbonyl (C=O) groups excluding carboxylic acids is 1. The first-order valence-corrected chi connectivity index (χ1v) is 20.1. The highest BCUT2D eigenvalue weighted by atomic mass is 16.5. The Morgan fingerprint density at radius 3 is 1.31 bits per heavy atom. The Morgan fingerprint density at radius 2 is 0.881 bits per heavy atom. The summed E-state index contributed by atoms with van der Waals surface area (Å²) in [6.07, 6.45) is 3.76. The smallest absolute Gasteiger partial charge is 0.169 e. The number of hydrogen-bond donors (Lipinski definition) is 2. The van der Waals surface area contributed by atoms with Gasteiger partial charge in [0.15, 0.2) is 28.8 Å². The van der Waals surface area contributed by atoms with Gasteiger partial charge < -0.3 is 28.9 Å². The Bertz CT molecular complexity index is 2540. The lowest BCUT2D eigenvalue weighted by Gasteiger charge is -2.14. The lowest BCUT2D eigenvalue weighted by Crippen LogP contribution is -2.07. The quantitative estimate of drug-likeness (QED) is 0.107. The molecule has 1 fully saturated rings. The molecule has 2 N–H and O–H groups in total. The summed E-state index contributed by atoms with van der Waals surface area (Å²) in [6.45, 7) is 10.6. The minimum Gasteiger partial charge on any atom is -0.485 e. The highest BCUT2D eigenvalue weighted by molar-refractivity contribution is 6.11. The van der Waals surface area contributed by atoms with E-state index in [1.165, 1.54) is 0 Å². The Kier molecular flexibility index (Phi) is 11.3. The van der Waals surface area contributed by atoms with E-state index in [1.54, 1.807) is 0 Å².